The zero-order chi connectivity index (χ0) is 12.5. The van der Waals surface area contributed by atoms with E-state index in [0.717, 1.165) is 6.42 Å². The van der Waals surface area contributed by atoms with Crippen LogP contribution in [0.25, 0.3) is 0 Å². The van der Waals surface area contributed by atoms with Crippen molar-refractivity contribution >= 4 is 5.69 Å². The van der Waals surface area contributed by atoms with E-state index >= 15 is 0 Å². The van der Waals surface area contributed by atoms with Crippen molar-refractivity contribution in [3.8, 4) is 0 Å². The minimum Gasteiger partial charge on any atom is -0.378 e. The van der Waals surface area contributed by atoms with Crippen molar-refractivity contribution in [2.75, 3.05) is 5.32 Å². The first-order chi connectivity index (χ1) is 8.74. The van der Waals surface area contributed by atoms with E-state index in [1.807, 2.05) is 18.5 Å². The summed E-state index contributed by atoms with van der Waals surface area (Å²) in [6.45, 7) is 4.46. The number of rotatable bonds is 1. The Hall–Kier alpha value is -1.83. The molecular weight excluding hydrogens is 220 g/mol. The monoisotopic (exact) mass is 238 g/mol. The van der Waals surface area contributed by atoms with Gasteiger partial charge in [0.2, 0.25) is 0 Å². The molecule has 2 atom stereocenters. The molecule has 2 unspecified atom stereocenters. The molecule has 0 fully saturated rings. The van der Waals surface area contributed by atoms with Gasteiger partial charge in [-0.15, -0.1) is 0 Å². The molecule has 0 amide bonds. The average molecular weight is 238 g/mol. The Labute approximate surface area is 108 Å². The van der Waals surface area contributed by atoms with Crippen molar-refractivity contribution in [2.45, 2.75) is 32.2 Å². The highest BCUT2D eigenvalue weighted by atomic mass is 14.9. The molecule has 1 N–H and O–H groups in total. The molecular formula is C16H18N2. The topological polar surface area (TPSA) is 24.9 Å². The van der Waals surface area contributed by atoms with Crippen molar-refractivity contribution in [1.29, 1.82) is 0 Å². The van der Waals surface area contributed by atoms with E-state index in [1.165, 1.54) is 22.4 Å². The number of anilines is 1. The lowest BCUT2D eigenvalue weighted by molar-refractivity contribution is 0.578. The van der Waals surface area contributed by atoms with Gasteiger partial charge in [0, 0.05) is 18.1 Å². The molecule has 1 aliphatic rings. The molecule has 0 saturated carbocycles. The minimum atomic E-state index is 0.379. The normalized spacial score (nSPS) is 22.1. The van der Waals surface area contributed by atoms with Gasteiger partial charge in [-0.2, -0.15) is 0 Å². The Balaban J connectivity index is 1.95. The van der Waals surface area contributed by atoms with Crippen LogP contribution in [0.2, 0.25) is 0 Å². The summed E-state index contributed by atoms with van der Waals surface area (Å²) < 4.78 is 0. The molecule has 2 nitrogen and oxygen atoms in total. The van der Waals surface area contributed by atoms with E-state index in [2.05, 4.69) is 48.4 Å². The van der Waals surface area contributed by atoms with E-state index in [9.17, 15) is 0 Å². The molecule has 0 saturated heterocycles. The second-order valence-corrected chi connectivity index (χ2v) is 5.21. The van der Waals surface area contributed by atoms with Gasteiger partial charge < -0.3 is 5.32 Å². The first kappa shape index (κ1) is 11.3. The third-order valence-electron chi connectivity index (χ3n) is 3.74. The van der Waals surface area contributed by atoms with Crippen molar-refractivity contribution in [2.24, 2.45) is 0 Å². The number of benzene rings is 1. The summed E-state index contributed by atoms with van der Waals surface area (Å²) in [6, 6.07) is 11.2. The maximum Gasteiger partial charge on any atom is 0.0534 e. The largest absolute Gasteiger partial charge is 0.378 e. The van der Waals surface area contributed by atoms with E-state index in [4.69, 9.17) is 0 Å². The fraction of sp³-hybridized carbons (Fsp3) is 0.312. The van der Waals surface area contributed by atoms with E-state index < -0.39 is 0 Å². The fourth-order valence-corrected chi connectivity index (χ4v) is 2.75. The zero-order valence-corrected chi connectivity index (χ0v) is 10.9. The van der Waals surface area contributed by atoms with Crippen LogP contribution in [0.3, 0.4) is 0 Å². The molecule has 3 rings (SSSR count). The summed E-state index contributed by atoms with van der Waals surface area (Å²) in [6.07, 6.45) is 4.92. The van der Waals surface area contributed by atoms with Gasteiger partial charge in [-0.1, -0.05) is 30.7 Å². The molecule has 18 heavy (non-hydrogen) atoms. The van der Waals surface area contributed by atoms with Gasteiger partial charge in [0.05, 0.1) is 6.04 Å². The van der Waals surface area contributed by atoms with Crippen molar-refractivity contribution < 1.29 is 0 Å². The summed E-state index contributed by atoms with van der Waals surface area (Å²) in [5.41, 5.74) is 5.32. The second kappa shape index (κ2) is 4.45. The quantitative estimate of drug-likeness (QED) is 0.810. The van der Waals surface area contributed by atoms with Gasteiger partial charge in [0.1, 0.15) is 0 Å². The van der Waals surface area contributed by atoms with Crippen LogP contribution in [0.5, 0.6) is 0 Å². The molecule has 92 valence electrons. The summed E-state index contributed by atoms with van der Waals surface area (Å²) in [5, 5.41) is 3.63. The number of fused-ring (bicyclic) bond motifs is 1. The highest BCUT2D eigenvalue weighted by Crippen LogP contribution is 2.39. The molecule has 0 radical (unpaired) electrons. The molecule has 2 heterocycles. The Kier molecular flexibility index (Phi) is 2.78. The molecule has 0 spiro atoms. The van der Waals surface area contributed by atoms with E-state index in [1.54, 1.807) is 0 Å². The predicted octanol–water partition coefficient (Wildman–Crippen LogP) is 4.05. The lowest BCUT2D eigenvalue weighted by Gasteiger charge is -2.32. The highest BCUT2D eigenvalue weighted by Gasteiger charge is 2.24. The molecule has 0 bridgehead atoms. The zero-order valence-electron chi connectivity index (χ0n) is 10.9. The fourth-order valence-electron chi connectivity index (χ4n) is 2.75. The summed E-state index contributed by atoms with van der Waals surface area (Å²) >= 11 is 0. The summed E-state index contributed by atoms with van der Waals surface area (Å²) in [4.78, 5) is 4.21. The maximum absolute atomic E-state index is 4.21. The van der Waals surface area contributed by atoms with Gasteiger partial charge in [-0.3, -0.25) is 4.98 Å². The van der Waals surface area contributed by atoms with Crippen LogP contribution >= 0.6 is 0 Å². The van der Waals surface area contributed by atoms with Gasteiger partial charge >= 0.3 is 0 Å². The SMILES string of the molecule is Cc1ccc2c(c1)C(C)CC(c1cccnc1)N2. The van der Waals surface area contributed by atoms with E-state index in [0.29, 0.717) is 12.0 Å². The predicted molar refractivity (Wildman–Crippen MR) is 74.8 cm³/mol. The van der Waals surface area contributed by atoms with Gasteiger partial charge in [0.15, 0.2) is 0 Å². The van der Waals surface area contributed by atoms with Crippen LogP contribution in [-0.2, 0) is 0 Å². The first-order valence-corrected chi connectivity index (χ1v) is 6.51. The number of aromatic nitrogens is 1. The third kappa shape index (κ3) is 1.99. The Morgan fingerprint density at radius 1 is 1.28 bits per heavy atom. The van der Waals surface area contributed by atoms with Crippen molar-refractivity contribution in [1.82, 2.24) is 4.98 Å². The second-order valence-electron chi connectivity index (χ2n) is 5.21. The number of aryl methyl sites for hydroxylation is 1. The van der Waals surface area contributed by atoms with Crippen LogP contribution in [0.15, 0.2) is 42.7 Å². The molecule has 1 aliphatic heterocycles. The van der Waals surface area contributed by atoms with Crippen LogP contribution in [0.1, 0.15) is 42.0 Å². The Morgan fingerprint density at radius 2 is 2.17 bits per heavy atom. The van der Waals surface area contributed by atoms with Crippen LogP contribution in [-0.4, -0.2) is 4.98 Å². The number of nitrogens with zero attached hydrogens (tertiary/aromatic N) is 1. The highest BCUT2D eigenvalue weighted by molar-refractivity contribution is 5.57. The lowest BCUT2D eigenvalue weighted by Crippen LogP contribution is -2.20. The Bertz CT molecular complexity index is 548. The van der Waals surface area contributed by atoms with Gasteiger partial charge in [0.25, 0.3) is 0 Å². The first-order valence-electron chi connectivity index (χ1n) is 6.51. The standard InChI is InChI=1S/C16H18N2/c1-11-5-6-15-14(8-11)12(2)9-16(18-15)13-4-3-7-17-10-13/h3-8,10,12,16,18H,9H2,1-2H3. The van der Waals surface area contributed by atoms with Crippen LogP contribution < -0.4 is 5.32 Å². The van der Waals surface area contributed by atoms with Gasteiger partial charge in [-0.05, 0) is 42.5 Å². The average Bonchev–Trinajstić information content (AvgIpc) is 2.40. The van der Waals surface area contributed by atoms with Crippen molar-refractivity contribution in [3.05, 3.63) is 59.4 Å². The van der Waals surface area contributed by atoms with Crippen LogP contribution in [0, 0.1) is 6.92 Å². The molecule has 2 heteroatoms. The van der Waals surface area contributed by atoms with Gasteiger partial charge in [-0.25, -0.2) is 0 Å². The molecule has 0 aliphatic carbocycles. The third-order valence-corrected chi connectivity index (χ3v) is 3.74. The molecule has 1 aromatic heterocycles. The lowest BCUT2D eigenvalue weighted by atomic mass is 9.85. The number of hydrogen-bond donors (Lipinski definition) is 1. The van der Waals surface area contributed by atoms with Crippen molar-refractivity contribution in [3.63, 3.8) is 0 Å². The number of nitrogens with one attached hydrogen (secondary N) is 1. The molecule has 2 aromatic rings. The van der Waals surface area contributed by atoms with E-state index in [-0.39, 0.29) is 0 Å². The van der Waals surface area contributed by atoms with Crippen LogP contribution in [0.4, 0.5) is 5.69 Å². The molecule has 1 aromatic carbocycles. The Morgan fingerprint density at radius 3 is 2.94 bits per heavy atom. The number of pyridine rings is 1. The minimum absolute atomic E-state index is 0.379. The maximum atomic E-state index is 4.21. The smallest absolute Gasteiger partial charge is 0.0534 e. The summed E-state index contributed by atoms with van der Waals surface area (Å²) in [7, 11) is 0. The summed E-state index contributed by atoms with van der Waals surface area (Å²) in [5.74, 6) is 0.589. The number of hydrogen-bond acceptors (Lipinski definition) is 2.